The zero-order valence-corrected chi connectivity index (χ0v) is 18.5. The van der Waals surface area contributed by atoms with Gasteiger partial charge in [-0.05, 0) is 51.2 Å². The second kappa shape index (κ2) is 13.3. The van der Waals surface area contributed by atoms with Crippen LogP contribution < -0.4 is 4.74 Å². The first-order chi connectivity index (χ1) is 14.9. The lowest BCUT2D eigenvalue weighted by Gasteiger charge is -2.19. The third-order valence-corrected chi connectivity index (χ3v) is 5.33. The van der Waals surface area contributed by atoms with E-state index < -0.39 is 18.3 Å². The molecule has 1 aliphatic rings. The molecule has 2 rings (SSSR count). The third-order valence-electron chi connectivity index (χ3n) is 5.33. The molecule has 1 aliphatic carbocycles. The van der Waals surface area contributed by atoms with Crippen LogP contribution in [0.5, 0.6) is 5.75 Å². The van der Waals surface area contributed by atoms with Crippen molar-refractivity contribution in [1.29, 1.82) is 0 Å². The second-order valence-corrected chi connectivity index (χ2v) is 8.33. The Hall–Kier alpha value is -2.15. The minimum Gasteiger partial charge on any atom is -0.491 e. The molecule has 0 amide bonds. The Morgan fingerprint density at radius 3 is 2.61 bits per heavy atom. The summed E-state index contributed by atoms with van der Waals surface area (Å²) in [6, 6.07) is 9.27. The van der Waals surface area contributed by atoms with Gasteiger partial charge in [-0.2, -0.15) is 0 Å². The molecule has 3 N–H and O–H groups in total. The van der Waals surface area contributed by atoms with Gasteiger partial charge in [-0.1, -0.05) is 42.5 Å². The van der Waals surface area contributed by atoms with Crippen molar-refractivity contribution in [3.05, 3.63) is 54.6 Å². The quantitative estimate of drug-likeness (QED) is 0.266. The van der Waals surface area contributed by atoms with Gasteiger partial charge in [0.15, 0.2) is 0 Å². The number of hydrogen-bond acceptors (Lipinski definition) is 6. The van der Waals surface area contributed by atoms with E-state index in [9.17, 15) is 20.1 Å². The van der Waals surface area contributed by atoms with Crippen LogP contribution in [0, 0.1) is 11.8 Å². The fourth-order valence-electron chi connectivity index (χ4n) is 3.77. The number of aliphatic hydroxyl groups excluding tert-OH is 3. The topological polar surface area (TPSA) is 96.2 Å². The fourth-order valence-corrected chi connectivity index (χ4v) is 3.77. The summed E-state index contributed by atoms with van der Waals surface area (Å²) in [6.45, 7) is 3.79. The molecule has 1 aromatic carbocycles. The summed E-state index contributed by atoms with van der Waals surface area (Å²) in [5, 5.41) is 30.8. The van der Waals surface area contributed by atoms with Crippen LogP contribution in [0.1, 0.15) is 46.0 Å². The summed E-state index contributed by atoms with van der Waals surface area (Å²) >= 11 is 0. The molecule has 1 aromatic rings. The van der Waals surface area contributed by atoms with Gasteiger partial charge in [0.2, 0.25) is 0 Å². The van der Waals surface area contributed by atoms with Gasteiger partial charge in [0.1, 0.15) is 18.5 Å². The van der Waals surface area contributed by atoms with Crippen molar-refractivity contribution >= 4 is 5.97 Å². The first-order valence-electron chi connectivity index (χ1n) is 11.1. The predicted molar refractivity (Wildman–Crippen MR) is 120 cm³/mol. The number of ether oxygens (including phenoxy) is 2. The predicted octanol–water partition coefficient (Wildman–Crippen LogP) is 3.41. The zero-order chi connectivity index (χ0) is 22.6. The van der Waals surface area contributed by atoms with Crippen LogP contribution >= 0.6 is 0 Å². The maximum Gasteiger partial charge on any atom is 0.306 e. The standard InChI is InChI=1S/C25H36O6/c1-18(2)31-25(29)13-9-4-3-8-12-21-22(24(28)16-23(21)27)15-14-19(26)17-30-20-10-6-5-7-11-20/h3,5-8,10-11,14-15,18-19,21-24,26-28H,4,9,12-13,16-17H2,1-2H3/t19?,21-,22-,23?,24?/m1/s1. The van der Waals surface area contributed by atoms with Crippen molar-refractivity contribution in [3.8, 4) is 5.75 Å². The van der Waals surface area contributed by atoms with Crippen molar-refractivity contribution in [2.75, 3.05) is 6.61 Å². The number of hydrogen-bond donors (Lipinski definition) is 3. The number of esters is 1. The van der Waals surface area contributed by atoms with E-state index in [1.165, 1.54) is 0 Å². The maximum atomic E-state index is 11.5. The van der Waals surface area contributed by atoms with E-state index >= 15 is 0 Å². The zero-order valence-electron chi connectivity index (χ0n) is 18.5. The highest BCUT2D eigenvalue weighted by Gasteiger charge is 2.39. The number of aliphatic hydroxyl groups is 3. The van der Waals surface area contributed by atoms with Crippen LogP contribution in [-0.4, -0.2) is 52.3 Å². The Balaban J connectivity index is 1.77. The van der Waals surface area contributed by atoms with Crippen molar-refractivity contribution < 1.29 is 29.6 Å². The molecule has 0 aliphatic heterocycles. The number of para-hydroxylation sites is 1. The molecule has 0 heterocycles. The molecule has 1 fully saturated rings. The molecule has 3 unspecified atom stereocenters. The van der Waals surface area contributed by atoms with E-state index in [1.54, 1.807) is 12.2 Å². The number of unbranched alkanes of at least 4 members (excludes halogenated alkanes) is 1. The largest absolute Gasteiger partial charge is 0.491 e. The first kappa shape index (κ1) is 25.1. The molecular weight excluding hydrogens is 396 g/mol. The van der Waals surface area contributed by atoms with Crippen molar-refractivity contribution in [1.82, 2.24) is 0 Å². The molecule has 31 heavy (non-hydrogen) atoms. The Kier molecular flexibility index (Phi) is 10.8. The molecule has 0 bridgehead atoms. The van der Waals surface area contributed by atoms with Crippen LogP contribution in [0.4, 0.5) is 0 Å². The molecule has 0 spiro atoms. The van der Waals surface area contributed by atoms with E-state index in [0.717, 1.165) is 12.8 Å². The van der Waals surface area contributed by atoms with Crippen molar-refractivity contribution in [3.63, 3.8) is 0 Å². The normalized spacial score (nSPS) is 24.8. The summed E-state index contributed by atoms with van der Waals surface area (Å²) < 4.78 is 10.6. The van der Waals surface area contributed by atoms with Gasteiger partial charge in [0.05, 0.1) is 18.3 Å². The average molecular weight is 433 g/mol. The highest BCUT2D eigenvalue weighted by Crippen LogP contribution is 2.36. The van der Waals surface area contributed by atoms with E-state index in [1.807, 2.05) is 56.3 Å². The van der Waals surface area contributed by atoms with Gasteiger partial charge in [-0.25, -0.2) is 0 Å². The highest BCUT2D eigenvalue weighted by molar-refractivity contribution is 5.69. The van der Waals surface area contributed by atoms with E-state index in [0.29, 0.717) is 25.0 Å². The fraction of sp³-hybridized carbons (Fsp3) is 0.560. The summed E-state index contributed by atoms with van der Waals surface area (Å²) in [7, 11) is 0. The molecule has 0 radical (unpaired) electrons. The van der Waals surface area contributed by atoms with Crippen molar-refractivity contribution in [2.45, 2.75) is 70.4 Å². The van der Waals surface area contributed by atoms with Crippen LogP contribution in [0.25, 0.3) is 0 Å². The molecule has 0 aromatic heterocycles. The molecule has 5 atom stereocenters. The number of benzene rings is 1. The van der Waals surface area contributed by atoms with Gasteiger partial charge < -0.3 is 24.8 Å². The van der Waals surface area contributed by atoms with Gasteiger partial charge in [-0.15, -0.1) is 0 Å². The molecular formula is C25H36O6. The second-order valence-electron chi connectivity index (χ2n) is 8.33. The molecule has 172 valence electrons. The SMILES string of the molecule is CC(C)OC(=O)CCCC=CC[C@H]1C(O)CC(O)[C@@H]1C=CC(O)COc1ccccc1. The van der Waals surface area contributed by atoms with Crippen LogP contribution in [-0.2, 0) is 9.53 Å². The van der Waals surface area contributed by atoms with Gasteiger partial charge in [0, 0.05) is 18.8 Å². The summed E-state index contributed by atoms with van der Waals surface area (Å²) in [6.07, 6.45) is 8.12. The number of carbonyl (C=O) groups excluding carboxylic acids is 1. The lowest BCUT2D eigenvalue weighted by atomic mass is 9.89. The number of carbonyl (C=O) groups is 1. The Bertz CT molecular complexity index is 699. The number of rotatable bonds is 12. The highest BCUT2D eigenvalue weighted by atomic mass is 16.5. The Labute approximate surface area is 185 Å². The molecule has 0 saturated heterocycles. The number of allylic oxidation sites excluding steroid dienone is 2. The maximum absolute atomic E-state index is 11.5. The third kappa shape index (κ3) is 9.25. The summed E-state index contributed by atoms with van der Waals surface area (Å²) in [5.41, 5.74) is 0. The van der Waals surface area contributed by atoms with E-state index in [2.05, 4.69) is 0 Å². The average Bonchev–Trinajstić information content (AvgIpc) is 3.00. The van der Waals surface area contributed by atoms with Crippen LogP contribution in [0.3, 0.4) is 0 Å². The summed E-state index contributed by atoms with van der Waals surface area (Å²) in [4.78, 5) is 11.5. The molecule has 6 nitrogen and oxygen atoms in total. The van der Waals surface area contributed by atoms with Gasteiger partial charge in [0.25, 0.3) is 0 Å². The smallest absolute Gasteiger partial charge is 0.306 e. The lowest BCUT2D eigenvalue weighted by Crippen LogP contribution is -2.21. The van der Waals surface area contributed by atoms with Crippen molar-refractivity contribution in [2.24, 2.45) is 11.8 Å². The minimum absolute atomic E-state index is 0.0910. The lowest BCUT2D eigenvalue weighted by molar-refractivity contribution is -0.147. The Morgan fingerprint density at radius 2 is 1.90 bits per heavy atom. The van der Waals surface area contributed by atoms with E-state index in [-0.39, 0.29) is 30.5 Å². The van der Waals surface area contributed by atoms with Gasteiger partial charge >= 0.3 is 5.97 Å². The van der Waals surface area contributed by atoms with E-state index in [4.69, 9.17) is 9.47 Å². The minimum atomic E-state index is -0.799. The molecule has 6 heteroatoms. The molecule has 1 saturated carbocycles. The Morgan fingerprint density at radius 1 is 1.16 bits per heavy atom. The monoisotopic (exact) mass is 432 g/mol. The van der Waals surface area contributed by atoms with Crippen LogP contribution in [0.2, 0.25) is 0 Å². The summed E-state index contributed by atoms with van der Waals surface area (Å²) in [5.74, 6) is 0.159. The van der Waals surface area contributed by atoms with Gasteiger partial charge in [-0.3, -0.25) is 4.79 Å². The first-order valence-corrected chi connectivity index (χ1v) is 11.1. The van der Waals surface area contributed by atoms with Crippen LogP contribution in [0.15, 0.2) is 54.6 Å².